The van der Waals surface area contributed by atoms with Gasteiger partial charge in [-0.15, -0.1) is 0 Å². The van der Waals surface area contributed by atoms with E-state index in [1.54, 1.807) is 18.2 Å². The lowest BCUT2D eigenvalue weighted by Gasteiger charge is -2.17. The van der Waals surface area contributed by atoms with Crippen molar-refractivity contribution in [1.82, 2.24) is 4.57 Å². The molecule has 4 N–H and O–H groups in total. The summed E-state index contributed by atoms with van der Waals surface area (Å²) >= 11 is 0. The van der Waals surface area contributed by atoms with Crippen molar-refractivity contribution in [1.29, 1.82) is 0 Å². The van der Waals surface area contributed by atoms with E-state index >= 15 is 0 Å². The van der Waals surface area contributed by atoms with Gasteiger partial charge in [0, 0.05) is 29.6 Å². The minimum atomic E-state index is -4.53. The Morgan fingerprint density at radius 2 is 1.90 bits per heavy atom. The third-order valence-electron chi connectivity index (χ3n) is 5.29. The van der Waals surface area contributed by atoms with Crippen molar-refractivity contribution in [3.8, 4) is 0 Å². The first-order valence-corrected chi connectivity index (χ1v) is 11.4. The van der Waals surface area contributed by atoms with E-state index in [4.69, 9.17) is 5.73 Å². The van der Waals surface area contributed by atoms with Crippen LogP contribution in [0.25, 0.3) is 10.9 Å². The van der Waals surface area contributed by atoms with Gasteiger partial charge in [0.25, 0.3) is 0 Å². The molecule has 1 heterocycles. The standard InChI is InChI=1S/C22H25N2O5P/c1-2-19-18(13-22(23)26)17-12-16(21(10-11-25)30(27,28)29)8-9-20(17)24(19)14-15-6-4-3-5-7-15/h3-9,11-12,21H,2,10,13-14H2,1H3,(H2,23,26)(H2,27,28,29). The number of aromatic nitrogens is 1. The van der Waals surface area contributed by atoms with Crippen LogP contribution in [0.5, 0.6) is 0 Å². The van der Waals surface area contributed by atoms with Crippen molar-refractivity contribution in [2.24, 2.45) is 5.73 Å². The van der Waals surface area contributed by atoms with Crippen molar-refractivity contribution >= 4 is 30.7 Å². The molecule has 0 saturated carbocycles. The molecule has 0 aliphatic rings. The van der Waals surface area contributed by atoms with Crippen molar-refractivity contribution in [3.63, 3.8) is 0 Å². The summed E-state index contributed by atoms with van der Waals surface area (Å²) in [5, 5.41) is 0.725. The first-order valence-electron chi connectivity index (χ1n) is 9.71. The first kappa shape index (κ1) is 22.0. The summed E-state index contributed by atoms with van der Waals surface area (Å²) in [6, 6.07) is 15.0. The molecule has 0 saturated heterocycles. The van der Waals surface area contributed by atoms with Crippen molar-refractivity contribution in [3.05, 3.63) is 70.9 Å². The highest BCUT2D eigenvalue weighted by Crippen LogP contribution is 2.53. The molecule has 1 unspecified atom stereocenters. The van der Waals surface area contributed by atoms with Gasteiger partial charge in [-0.3, -0.25) is 9.36 Å². The summed E-state index contributed by atoms with van der Waals surface area (Å²) in [6.07, 6.45) is 0.914. The Bertz CT molecular complexity index is 1120. The van der Waals surface area contributed by atoms with Gasteiger partial charge in [-0.2, -0.15) is 0 Å². The number of hydrogen-bond acceptors (Lipinski definition) is 3. The maximum Gasteiger partial charge on any atom is 0.333 e. The number of hydrogen-bond donors (Lipinski definition) is 3. The molecule has 2 aromatic carbocycles. The van der Waals surface area contributed by atoms with Gasteiger partial charge < -0.3 is 24.9 Å². The zero-order chi connectivity index (χ0) is 21.9. The number of carbonyl (C=O) groups is 2. The van der Waals surface area contributed by atoms with Gasteiger partial charge in [-0.25, -0.2) is 0 Å². The topological polar surface area (TPSA) is 123 Å². The van der Waals surface area contributed by atoms with Gasteiger partial charge in [0.2, 0.25) is 5.91 Å². The number of fused-ring (bicyclic) bond motifs is 1. The third-order valence-corrected chi connectivity index (χ3v) is 6.61. The van der Waals surface area contributed by atoms with Gasteiger partial charge in [-0.1, -0.05) is 43.3 Å². The molecular weight excluding hydrogens is 403 g/mol. The lowest BCUT2D eigenvalue weighted by atomic mass is 10.0. The van der Waals surface area contributed by atoms with Crippen LogP contribution >= 0.6 is 7.60 Å². The average molecular weight is 428 g/mol. The van der Waals surface area contributed by atoms with Crippen molar-refractivity contribution in [2.45, 2.75) is 38.4 Å². The number of rotatable bonds is 9. The van der Waals surface area contributed by atoms with Gasteiger partial charge in [-0.05, 0) is 35.2 Å². The van der Waals surface area contributed by atoms with Crippen LogP contribution in [0.1, 0.15) is 41.4 Å². The van der Waals surface area contributed by atoms with Crippen LogP contribution in [0.2, 0.25) is 0 Å². The molecule has 0 fully saturated rings. The summed E-state index contributed by atoms with van der Waals surface area (Å²) in [6.45, 7) is 2.58. The summed E-state index contributed by atoms with van der Waals surface area (Å²) in [4.78, 5) is 42.2. The lowest BCUT2D eigenvalue weighted by Crippen LogP contribution is -2.15. The maximum atomic E-state index is 11.9. The first-order chi connectivity index (χ1) is 14.3. The monoisotopic (exact) mass is 428 g/mol. The van der Waals surface area contributed by atoms with Crippen LogP contribution in [0, 0.1) is 0 Å². The molecule has 0 radical (unpaired) electrons. The Kier molecular flexibility index (Phi) is 6.56. The Hall–Kier alpha value is -2.73. The SMILES string of the molecule is CCc1c(CC(N)=O)c2cc(C(CC=O)P(=O)(O)O)ccc2n1Cc1ccccc1. The van der Waals surface area contributed by atoms with Crippen LogP contribution in [0.4, 0.5) is 0 Å². The normalized spacial score (nSPS) is 12.8. The number of nitrogens with two attached hydrogens (primary N) is 1. The van der Waals surface area contributed by atoms with Gasteiger partial charge in [0.1, 0.15) is 6.29 Å². The van der Waals surface area contributed by atoms with Gasteiger partial charge in [0.05, 0.1) is 12.1 Å². The van der Waals surface area contributed by atoms with E-state index in [2.05, 4.69) is 4.57 Å². The summed E-state index contributed by atoms with van der Waals surface area (Å²) in [5.74, 6) is -0.478. The molecule has 7 nitrogen and oxygen atoms in total. The van der Waals surface area contributed by atoms with Gasteiger partial charge in [0.15, 0.2) is 0 Å². The smallest absolute Gasteiger partial charge is 0.333 e. The number of nitrogens with zero attached hydrogens (tertiary/aromatic N) is 1. The number of amides is 1. The van der Waals surface area contributed by atoms with Crippen molar-refractivity contribution in [2.75, 3.05) is 0 Å². The molecule has 0 spiro atoms. The zero-order valence-electron chi connectivity index (χ0n) is 16.7. The molecule has 1 atom stereocenters. The Morgan fingerprint density at radius 3 is 2.47 bits per heavy atom. The van der Waals surface area contributed by atoms with Crippen LogP contribution < -0.4 is 5.73 Å². The maximum absolute atomic E-state index is 11.9. The molecule has 1 aromatic heterocycles. The second-order valence-corrected chi connectivity index (χ2v) is 9.08. The highest BCUT2D eigenvalue weighted by atomic mass is 31.2. The molecule has 0 aliphatic carbocycles. The third kappa shape index (κ3) is 4.54. The number of carbonyl (C=O) groups excluding carboxylic acids is 2. The number of aldehydes is 1. The fourth-order valence-corrected chi connectivity index (χ4v) is 4.89. The predicted octanol–water partition coefficient (Wildman–Crippen LogP) is 3.09. The molecule has 158 valence electrons. The molecule has 30 heavy (non-hydrogen) atoms. The average Bonchev–Trinajstić information content (AvgIpc) is 2.97. The van der Waals surface area contributed by atoms with Crippen LogP contribution in [0.3, 0.4) is 0 Å². The summed E-state index contributed by atoms with van der Waals surface area (Å²) in [7, 11) is -4.53. The molecule has 3 rings (SSSR count). The van der Waals surface area contributed by atoms with E-state index in [1.165, 1.54) is 0 Å². The number of benzene rings is 2. The van der Waals surface area contributed by atoms with Crippen LogP contribution in [0.15, 0.2) is 48.5 Å². The van der Waals surface area contributed by atoms with E-state index in [1.807, 2.05) is 37.3 Å². The quantitative estimate of drug-likeness (QED) is 0.357. The van der Waals surface area contributed by atoms with Crippen molar-refractivity contribution < 1.29 is 23.9 Å². The molecule has 0 aliphatic heterocycles. The minimum Gasteiger partial charge on any atom is -0.369 e. The molecule has 0 bridgehead atoms. The summed E-state index contributed by atoms with van der Waals surface area (Å²) in [5.41, 5.74) is 8.30. The van der Waals surface area contributed by atoms with Gasteiger partial charge >= 0.3 is 7.60 Å². The zero-order valence-corrected chi connectivity index (χ0v) is 17.6. The van der Waals surface area contributed by atoms with E-state index < -0.39 is 19.2 Å². The molecule has 8 heteroatoms. The highest BCUT2D eigenvalue weighted by Gasteiger charge is 2.31. The second-order valence-electron chi connectivity index (χ2n) is 7.28. The fraction of sp³-hybridized carbons (Fsp3) is 0.273. The predicted molar refractivity (Wildman–Crippen MR) is 115 cm³/mol. The number of primary amides is 1. The van der Waals surface area contributed by atoms with E-state index in [-0.39, 0.29) is 12.8 Å². The largest absolute Gasteiger partial charge is 0.369 e. The lowest BCUT2D eigenvalue weighted by molar-refractivity contribution is -0.117. The molecule has 1 amide bonds. The highest BCUT2D eigenvalue weighted by molar-refractivity contribution is 7.52. The fourth-order valence-electron chi connectivity index (χ4n) is 3.98. The van der Waals surface area contributed by atoms with Crippen LogP contribution in [-0.4, -0.2) is 26.5 Å². The van der Waals surface area contributed by atoms with E-state index in [9.17, 15) is 23.9 Å². The Labute approximate surface area is 174 Å². The second kappa shape index (κ2) is 8.96. The summed E-state index contributed by atoms with van der Waals surface area (Å²) < 4.78 is 14.1. The van der Waals surface area contributed by atoms with Crippen LogP contribution in [-0.2, 0) is 33.5 Å². The molecule has 3 aromatic rings. The Morgan fingerprint density at radius 1 is 1.20 bits per heavy atom. The minimum absolute atomic E-state index is 0.0270. The molecular formula is C22H25N2O5P. The van der Waals surface area contributed by atoms with E-state index in [0.717, 1.165) is 27.7 Å². The van der Waals surface area contributed by atoms with E-state index in [0.29, 0.717) is 24.8 Å². The Balaban J connectivity index is 2.23.